The number of aromatic nitrogens is 28. The molecule has 41 heteroatoms. The SMILES string of the molecule is CC(C)COc1ccc(-c2nnnn2C)cc1.CCC(Oc1ccc(-c2nnnn2C)cc1)c1ccccc1.Cc1ccc(NC(=O)c2ccc(-c3nnnn3C)cc2)c(Cl)c1.Cc1ccc(NC(=O)c2ccc(-c3nnnn3C)cc2)c(F)c1.Cc1ccc(NC(=O)c2ccc(-c3nnnn3C)cc2)cc1.Cn1nnnc1-c1ccc(C(=O)NCc2ccccc2)cc1.Cn1nnnc1-c1ccc(OCc2ccccc2)cc1. The Bertz CT molecular complexity index is 7540. The maximum Gasteiger partial charge on any atom is 0.255 e. The number of nitrogens with one attached hydrogen (secondary N) is 4. The van der Waals surface area contributed by atoms with Crippen LogP contribution < -0.4 is 35.5 Å². The van der Waals surface area contributed by atoms with Crippen molar-refractivity contribution in [3.8, 4) is 97.0 Å². The van der Waals surface area contributed by atoms with Crippen molar-refractivity contribution in [2.45, 2.75) is 67.2 Å². The summed E-state index contributed by atoms with van der Waals surface area (Å²) in [6.07, 6.45) is 0.974. The first-order valence-corrected chi connectivity index (χ1v) is 47.3. The molecule has 0 saturated heterocycles. The number of hydrogen-bond acceptors (Lipinski definition) is 28. The van der Waals surface area contributed by atoms with E-state index >= 15 is 0 Å². The fourth-order valence-electron chi connectivity index (χ4n) is 14.3. The second kappa shape index (κ2) is 52.2. The average molecular weight is 2020 g/mol. The van der Waals surface area contributed by atoms with Crippen molar-refractivity contribution in [1.29, 1.82) is 0 Å². The number of aryl methyl sites for hydroxylation is 10. The number of halogens is 2. The van der Waals surface area contributed by atoms with Crippen LogP contribution in [0.15, 0.2) is 322 Å². The molecule has 0 radical (unpaired) electrons. The standard InChI is InChI=1S/C17H18N4O.C16H14ClN5O.C16H14FN5O.2C16H15N5O.C15H14N4O.C12H16N4O/c1-3-16(13-7-5-4-6-8-13)22-15-11-9-14(10-12-15)17-18-19-20-21(17)2;2*1-10-3-8-14(13(17)9-10)18-16(23)12-6-4-11(5-7-12)15-19-20-21-22(15)2;1-11-3-9-14(10-4-11)17-16(22)13-7-5-12(6-8-13)15-18-19-20-21(15)2;1-21-15(18-19-20-21)13-7-9-14(10-8-13)16(22)17-11-12-5-3-2-4-6-12;1-19-15(16-17-18-19)13-7-9-14(10-8-13)20-11-12-5-3-2-4-6-12;1-9(2)8-17-11-6-4-10(5-7-11)12-13-14-15-16(12)3/h4-12,16H,3H2,1-2H3;2*3-9H,1-2H3,(H,18,23);3-10H,1-2H3,(H,17,22);2-10H,11H2,1H3,(H,17,22);2-10H,11H2,1H3;4-7,9H,8H2,1-3H3. The van der Waals surface area contributed by atoms with Crippen LogP contribution in [0.5, 0.6) is 17.2 Å². The summed E-state index contributed by atoms with van der Waals surface area (Å²) in [5.41, 5.74) is 16.3. The van der Waals surface area contributed by atoms with Crippen LogP contribution in [-0.2, 0) is 62.5 Å². The highest BCUT2D eigenvalue weighted by molar-refractivity contribution is 6.34. The molecule has 0 aliphatic rings. The summed E-state index contributed by atoms with van der Waals surface area (Å²) in [5.74, 6) is 6.54. The number of hydrogen-bond donors (Lipinski definition) is 4. The lowest BCUT2D eigenvalue weighted by molar-refractivity contribution is 0.0948. The molecule has 39 nitrogen and oxygen atoms in total. The minimum absolute atomic E-state index is 0.0588. The van der Waals surface area contributed by atoms with Crippen molar-refractivity contribution in [3.05, 3.63) is 388 Å². The van der Waals surface area contributed by atoms with E-state index in [0.29, 0.717) is 75.3 Å². The number of ether oxygens (including phenoxy) is 3. The lowest BCUT2D eigenvalue weighted by Crippen LogP contribution is -2.22. The van der Waals surface area contributed by atoms with Gasteiger partial charge in [0.15, 0.2) is 40.8 Å². The fourth-order valence-corrected chi connectivity index (χ4v) is 14.5. The van der Waals surface area contributed by atoms with Gasteiger partial charge in [0.05, 0.1) is 23.0 Å². The summed E-state index contributed by atoms with van der Waals surface area (Å²) in [6.45, 7) is 13.9. The molecule has 0 saturated carbocycles. The minimum atomic E-state index is -0.458. The molecule has 0 aliphatic carbocycles. The summed E-state index contributed by atoms with van der Waals surface area (Å²) < 4.78 is 42.4. The smallest absolute Gasteiger partial charge is 0.255 e. The monoisotopic (exact) mass is 2020 g/mol. The molecular formula is C108H106ClFN32O7. The number of rotatable bonds is 26. The summed E-state index contributed by atoms with van der Waals surface area (Å²) in [6, 6.07) is 99.6. The number of anilines is 3. The number of nitrogens with zero attached hydrogens (tertiary/aromatic N) is 28. The molecule has 1 unspecified atom stereocenters. The lowest BCUT2D eigenvalue weighted by Gasteiger charge is -2.18. The topological polar surface area (TPSA) is 449 Å². The van der Waals surface area contributed by atoms with Crippen LogP contribution in [0.25, 0.3) is 79.7 Å². The van der Waals surface area contributed by atoms with E-state index in [0.717, 1.165) is 120 Å². The second-order valence-corrected chi connectivity index (χ2v) is 34.4. The largest absolute Gasteiger partial charge is 0.493 e. The van der Waals surface area contributed by atoms with Crippen LogP contribution in [0.4, 0.5) is 21.5 Å². The molecule has 0 spiro atoms. The van der Waals surface area contributed by atoms with E-state index in [-0.39, 0.29) is 35.4 Å². The van der Waals surface area contributed by atoms with E-state index in [1.807, 2.05) is 241 Å². The van der Waals surface area contributed by atoms with Crippen LogP contribution in [0.2, 0.25) is 5.02 Å². The summed E-state index contributed by atoms with van der Waals surface area (Å²) >= 11 is 6.13. The molecule has 13 aromatic carbocycles. The second-order valence-electron chi connectivity index (χ2n) is 34.0. The number of amides is 4. The van der Waals surface area contributed by atoms with Gasteiger partial charge in [-0.3, -0.25) is 19.2 Å². The highest BCUT2D eigenvalue weighted by Crippen LogP contribution is 2.31. The predicted octanol–water partition coefficient (Wildman–Crippen LogP) is 17.7. The van der Waals surface area contributed by atoms with Crippen LogP contribution in [0.1, 0.15) is 108 Å². The molecule has 0 aliphatic heterocycles. The molecule has 4 N–H and O–H groups in total. The number of benzene rings is 13. The van der Waals surface area contributed by atoms with Crippen LogP contribution in [0, 0.1) is 32.5 Å². The third kappa shape index (κ3) is 30.2. The first-order chi connectivity index (χ1) is 72.2. The maximum atomic E-state index is 13.8. The summed E-state index contributed by atoms with van der Waals surface area (Å²) in [7, 11) is 12.5. The van der Waals surface area contributed by atoms with Gasteiger partial charge in [0.25, 0.3) is 23.6 Å². The Kier molecular flexibility index (Phi) is 37.0. The van der Waals surface area contributed by atoms with Crippen molar-refractivity contribution in [2.75, 3.05) is 22.6 Å². The zero-order valence-corrected chi connectivity index (χ0v) is 84.5. The van der Waals surface area contributed by atoms with E-state index < -0.39 is 5.82 Å². The van der Waals surface area contributed by atoms with Crippen molar-refractivity contribution < 1.29 is 37.8 Å². The number of carbonyl (C=O) groups excluding carboxylic acids is 4. The van der Waals surface area contributed by atoms with Gasteiger partial charge in [-0.05, 0) is 292 Å². The first kappa shape index (κ1) is 106. The van der Waals surface area contributed by atoms with Gasteiger partial charge in [0.1, 0.15) is 35.8 Å². The normalized spacial score (nSPS) is 10.8. The minimum Gasteiger partial charge on any atom is -0.493 e. The Hall–Kier alpha value is -19.1. The quantitative estimate of drug-likeness (QED) is 0.0391. The fraction of sp³-hybridized carbons (Fsp3) is 0.176. The molecule has 0 bridgehead atoms. The molecule has 1 atom stereocenters. The van der Waals surface area contributed by atoms with Gasteiger partial charge in [-0.15, -0.1) is 35.7 Å². The summed E-state index contributed by atoms with van der Waals surface area (Å²) in [5, 5.41) is 91.1. The zero-order valence-electron chi connectivity index (χ0n) is 83.7. The van der Waals surface area contributed by atoms with Gasteiger partial charge in [-0.2, -0.15) is 0 Å². The number of tetrazole rings is 7. The van der Waals surface area contributed by atoms with E-state index in [4.69, 9.17) is 25.8 Å². The zero-order chi connectivity index (χ0) is 105. The number of carbonyl (C=O) groups is 4. The Labute approximate surface area is 861 Å². The third-order valence-corrected chi connectivity index (χ3v) is 22.6. The van der Waals surface area contributed by atoms with Crippen molar-refractivity contribution in [3.63, 3.8) is 0 Å². The van der Waals surface area contributed by atoms with Gasteiger partial charge in [-0.25, -0.2) is 37.2 Å². The third-order valence-electron chi connectivity index (χ3n) is 22.3. The average Bonchev–Trinajstić information content (AvgIpc) is 1.76. The molecule has 4 amide bonds. The summed E-state index contributed by atoms with van der Waals surface area (Å²) in [4.78, 5) is 48.8. The predicted molar refractivity (Wildman–Crippen MR) is 561 cm³/mol. The first-order valence-electron chi connectivity index (χ1n) is 46.9. The Morgan fingerprint density at radius 3 is 0.966 bits per heavy atom. The van der Waals surface area contributed by atoms with E-state index in [1.54, 1.807) is 160 Å². The Morgan fingerprint density at radius 1 is 0.329 bits per heavy atom. The van der Waals surface area contributed by atoms with E-state index in [1.165, 1.54) is 16.3 Å². The molecule has 20 aromatic rings. The van der Waals surface area contributed by atoms with E-state index in [9.17, 15) is 23.6 Å². The highest BCUT2D eigenvalue weighted by atomic mass is 35.5. The van der Waals surface area contributed by atoms with Crippen molar-refractivity contribution in [2.24, 2.45) is 55.3 Å². The maximum absolute atomic E-state index is 13.8. The van der Waals surface area contributed by atoms with Crippen molar-refractivity contribution >= 4 is 52.3 Å². The van der Waals surface area contributed by atoms with Gasteiger partial charge >= 0.3 is 0 Å². The van der Waals surface area contributed by atoms with Gasteiger partial charge in [0.2, 0.25) is 0 Å². The van der Waals surface area contributed by atoms with Gasteiger partial charge < -0.3 is 35.5 Å². The Morgan fingerprint density at radius 2 is 0.631 bits per heavy atom. The Balaban J connectivity index is 0.000000137. The highest BCUT2D eigenvalue weighted by Gasteiger charge is 2.20. The lowest BCUT2D eigenvalue weighted by atomic mass is 10.1. The van der Waals surface area contributed by atoms with Crippen LogP contribution in [-0.4, -0.2) is 172 Å². The molecule has 754 valence electrons. The molecule has 20 rings (SSSR count). The van der Waals surface area contributed by atoms with Gasteiger partial charge in [-0.1, -0.05) is 202 Å². The van der Waals surface area contributed by atoms with Crippen molar-refractivity contribution in [1.82, 2.24) is 147 Å². The molecule has 149 heavy (non-hydrogen) atoms. The molecule has 0 fully saturated rings. The van der Waals surface area contributed by atoms with E-state index in [2.05, 4.69) is 163 Å². The molecular weight excluding hydrogens is 1910 g/mol. The molecule has 7 aromatic heterocycles. The van der Waals surface area contributed by atoms with Gasteiger partial charge in [0, 0.05) is 123 Å². The molecule has 7 heterocycles. The van der Waals surface area contributed by atoms with Crippen LogP contribution in [0.3, 0.4) is 0 Å². The van der Waals surface area contributed by atoms with Crippen LogP contribution >= 0.6 is 11.6 Å².